The van der Waals surface area contributed by atoms with E-state index in [1.165, 1.54) is 6.07 Å². The van der Waals surface area contributed by atoms with Gasteiger partial charge in [-0.05, 0) is 43.0 Å². The van der Waals surface area contributed by atoms with E-state index in [0.29, 0.717) is 24.9 Å². The third kappa shape index (κ3) is 6.06. The van der Waals surface area contributed by atoms with Crippen LogP contribution in [0.5, 0.6) is 0 Å². The normalized spacial score (nSPS) is 14.4. The van der Waals surface area contributed by atoms with Gasteiger partial charge in [-0.25, -0.2) is 9.18 Å². The van der Waals surface area contributed by atoms with E-state index in [9.17, 15) is 18.8 Å². The van der Waals surface area contributed by atoms with Gasteiger partial charge >= 0.3 is 6.03 Å². The average molecular weight is 441 g/mol. The minimum atomic E-state index is -0.954. The van der Waals surface area contributed by atoms with Gasteiger partial charge in [0, 0.05) is 25.2 Å². The van der Waals surface area contributed by atoms with E-state index in [2.05, 4.69) is 21.3 Å². The predicted molar refractivity (Wildman–Crippen MR) is 119 cm³/mol. The van der Waals surface area contributed by atoms with E-state index in [1.807, 2.05) is 30.3 Å². The zero-order valence-corrected chi connectivity index (χ0v) is 18.2. The minimum Gasteiger partial charge on any atom is -0.352 e. The molecule has 0 heterocycles. The molecule has 0 saturated heterocycles. The fraction of sp³-hybridized carbons (Fsp3) is 0.375. The molecule has 1 fully saturated rings. The monoisotopic (exact) mass is 440 g/mol. The maximum atomic E-state index is 13.6. The number of hydrogen-bond donors (Lipinski definition) is 4. The lowest BCUT2D eigenvalue weighted by molar-refractivity contribution is -0.127. The molecular weight excluding hydrogens is 411 g/mol. The number of urea groups is 1. The number of halogens is 1. The Hall–Kier alpha value is -3.42. The number of rotatable bonds is 8. The second-order valence-corrected chi connectivity index (χ2v) is 8.06. The average Bonchev–Trinajstić information content (AvgIpc) is 3.27. The second kappa shape index (κ2) is 10.7. The van der Waals surface area contributed by atoms with E-state index < -0.39 is 17.3 Å². The molecule has 0 atom stereocenters. The summed E-state index contributed by atoms with van der Waals surface area (Å²) in [5, 5.41) is 11.1. The number of benzene rings is 2. The van der Waals surface area contributed by atoms with Gasteiger partial charge in [0.1, 0.15) is 11.4 Å². The molecule has 0 aromatic heterocycles. The molecule has 4 amide bonds. The van der Waals surface area contributed by atoms with Crippen LogP contribution in [0.15, 0.2) is 48.5 Å². The van der Waals surface area contributed by atoms with Crippen molar-refractivity contribution >= 4 is 17.8 Å². The maximum absolute atomic E-state index is 13.6. The van der Waals surface area contributed by atoms with Crippen molar-refractivity contribution in [3.05, 3.63) is 71.0 Å². The first kappa shape index (κ1) is 23.2. The molecule has 2 aromatic rings. The molecule has 8 heteroatoms. The molecule has 7 nitrogen and oxygen atoms in total. The molecule has 1 aliphatic rings. The number of nitrogens with one attached hydrogen (secondary N) is 4. The summed E-state index contributed by atoms with van der Waals surface area (Å²) in [6, 6.07) is 13.4. The zero-order valence-electron chi connectivity index (χ0n) is 18.2. The maximum Gasteiger partial charge on any atom is 0.315 e. The Morgan fingerprint density at radius 3 is 2.31 bits per heavy atom. The van der Waals surface area contributed by atoms with Gasteiger partial charge in [0.25, 0.3) is 5.91 Å². The number of amides is 4. The van der Waals surface area contributed by atoms with Crippen LogP contribution in [0.3, 0.4) is 0 Å². The SMILES string of the molecule is Cc1ccc(C(=O)NCCNC(=O)C2(NC(=O)NCc3ccccc3)CCCC2)cc1F. The smallest absolute Gasteiger partial charge is 0.315 e. The lowest BCUT2D eigenvalue weighted by Gasteiger charge is -2.29. The van der Waals surface area contributed by atoms with Gasteiger partial charge in [0.2, 0.25) is 5.91 Å². The number of carbonyl (C=O) groups excluding carboxylic acids is 3. The predicted octanol–water partition coefficient (Wildman–Crippen LogP) is 2.79. The Bertz CT molecular complexity index is 959. The molecule has 0 bridgehead atoms. The van der Waals surface area contributed by atoms with Gasteiger partial charge in [-0.1, -0.05) is 49.2 Å². The van der Waals surface area contributed by atoms with Crippen molar-refractivity contribution in [2.75, 3.05) is 13.1 Å². The Labute approximate surface area is 187 Å². The Morgan fingerprint density at radius 2 is 1.62 bits per heavy atom. The zero-order chi connectivity index (χ0) is 23.0. The number of hydrogen-bond acceptors (Lipinski definition) is 3. The summed E-state index contributed by atoms with van der Waals surface area (Å²) >= 11 is 0. The van der Waals surface area contributed by atoms with Crippen molar-refractivity contribution in [1.29, 1.82) is 0 Å². The minimum absolute atomic E-state index is 0.191. The highest BCUT2D eigenvalue weighted by Crippen LogP contribution is 2.29. The molecule has 2 aromatic carbocycles. The van der Waals surface area contributed by atoms with Crippen LogP contribution in [-0.4, -0.2) is 36.5 Å². The second-order valence-electron chi connectivity index (χ2n) is 8.06. The van der Waals surface area contributed by atoms with E-state index >= 15 is 0 Å². The summed E-state index contributed by atoms with van der Waals surface area (Å²) in [6.07, 6.45) is 2.82. The number of aryl methyl sites for hydroxylation is 1. The van der Waals surface area contributed by atoms with Gasteiger partial charge in [-0.15, -0.1) is 0 Å². The highest BCUT2D eigenvalue weighted by molar-refractivity contribution is 5.94. The topological polar surface area (TPSA) is 99.3 Å². The van der Waals surface area contributed by atoms with E-state index in [4.69, 9.17) is 0 Å². The molecule has 1 saturated carbocycles. The highest BCUT2D eigenvalue weighted by atomic mass is 19.1. The molecule has 3 rings (SSSR count). The van der Waals surface area contributed by atoms with Gasteiger partial charge in [-0.3, -0.25) is 9.59 Å². The van der Waals surface area contributed by atoms with Crippen LogP contribution in [0.2, 0.25) is 0 Å². The molecule has 4 N–H and O–H groups in total. The van der Waals surface area contributed by atoms with Crippen molar-refractivity contribution in [3.8, 4) is 0 Å². The van der Waals surface area contributed by atoms with Crippen LogP contribution in [0, 0.1) is 12.7 Å². The van der Waals surface area contributed by atoms with Crippen LogP contribution in [0.1, 0.15) is 47.2 Å². The van der Waals surface area contributed by atoms with Crippen LogP contribution in [0.25, 0.3) is 0 Å². The van der Waals surface area contributed by atoms with Crippen LogP contribution < -0.4 is 21.3 Å². The van der Waals surface area contributed by atoms with Crippen molar-refractivity contribution in [3.63, 3.8) is 0 Å². The summed E-state index contributed by atoms with van der Waals surface area (Å²) in [5.74, 6) is -1.11. The quantitative estimate of drug-likeness (QED) is 0.475. The van der Waals surface area contributed by atoms with Crippen molar-refractivity contribution < 1.29 is 18.8 Å². The lowest BCUT2D eigenvalue weighted by atomic mass is 9.96. The molecular formula is C24H29FN4O3. The number of carbonyl (C=O) groups is 3. The molecule has 0 spiro atoms. The Kier molecular flexibility index (Phi) is 7.81. The Morgan fingerprint density at radius 1 is 0.938 bits per heavy atom. The fourth-order valence-electron chi connectivity index (χ4n) is 3.78. The van der Waals surface area contributed by atoms with Gasteiger partial charge in [-0.2, -0.15) is 0 Å². The Balaban J connectivity index is 1.46. The molecule has 170 valence electrons. The van der Waals surface area contributed by atoms with Crippen molar-refractivity contribution in [2.45, 2.75) is 44.7 Å². The van der Waals surface area contributed by atoms with Gasteiger partial charge in [0.05, 0.1) is 0 Å². The summed E-state index contributed by atoms with van der Waals surface area (Å²) in [7, 11) is 0. The van der Waals surface area contributed by atoms with Gasteiger partial charge < -0.3 is 21.3 Å². The third-order valence-electron chi connectivity index (χ3n) is 5.67. The fourth-order valence-corrected chi connectivity index (χ4v) is 3.78. The molecule has 32 heavy (non-hydrogen) atoms. The van der Waals surface area contributed by atoms with Crippen molar-refractivity contribution in [1.82, 2.24) is 21.3 Å². The summed E-state index contributed by atoms with van der Waals surface area (Å²) in [5.41, 5.74) is 0.710. The molecule has 0 unspecified atom stereocenters. The van der Waals surface area contributed by atoms with Crippen LogP contribution in [0.4, 0.5) is 9.18 Å². The highest BCUT2D eigenvalue weighted by Gasteiger charge is 2.42. The third-order valence-corrected chi connectivity index (χ3v) is 5.67. The first-order chi connectivity index (χ1) is 15.4. The molecule has 1 aliphatic carbocycles. The van der Waals surface area contributed by atoms with E-state index in [0.717, 1.165) is 18.4 Å². The molecule has 0 radical (unpaired) electrons. The lowest BCUT2D eigenvalue weighted by Crippen LogP contribution is -2.59. The standard InChI is InChI=1S/C24H29FN4O3/c1-17-9-10-19(15-20(17)25)21(30)26-13-14-27-22(31)24(11-5-6-12-24)29-23(32)28-16-18-7-3-2-4-8-18/h2-4,7-10,15H,5-6,11-14,16H2,1H3,(H,26,30)(H,27,31)(H2,28,29,32). The summed E-state index contributed by atoms with van der Waals surface area (Å²) < 4.78 is 13.6. The van der Waals surface area contributed by atoms with Crippen LogP contribution in [-0.2, 0) is 11.3 Å². The summed E-state index contributed by atoms with van der Waals surface area (Å²) in [6.45, 7) is 2.39. The largest absolute Gasteiger partial charge is 0.352 e. The van der Waals surface area contributed by atoms with E-state index in [-0.39, 0.29) is 30.6 Å². The molecule has 0 aliphatic heterocycles. The first-order valence-corrected chi connectivity index (χ1v) is 10.8. The van der Waals surface area contributed by atoms with Gasteiger partial charge in [0.15, 0.2) is 0 Å². The van der Waals surface area contributed by atoms with Crippen molar-refractivity contribution in [2.24, 2.45) is 0 Å². The summed E-state index contributed by atoms with van der Waals surface area (Å²) in [4.78, 5) is 37.4. The van der Waals surface area contributed by atoms with Crippen LogP contribution >= 0.6 is 0 Å². The first-order valence-electron chi connectivity index (χ1n) is 10.8. The van der Waals surface area contributed by atoms with E-state index in [1.54, 1.807) is 19.1 Å².